The average molecular weight is 385 g/mol. The third-order valence-corrected chi connectivity index (χ3v) is 5.81. The smallest absolute Gasteiger partial charge is 0.227 e. The Kier molecular flexibility index (Phi) is 8.89. The normalized spacial score (nSPS) is 16.7. The van der Waals surface area contributed by atoms with E-state index in [-0.39, 0.29) is 11.8 Å². The van der Waals surface area contributed by atoms with Gasteiger partial charge >= 0.3 is 0 Å². The summed E-state index contributed by atoms with van der Waals surface area (Å²) in [5.74, 6) is 0.270. The molecule has 0 spiro atoms. The Labute approximate surface area is 168 Å². The zero-order valence-corrected chi connectivity index (χ0v) is 17.8. The van der Waals surface area contributed by atoms with Gasteiger partial charge in [-0.25, -0.2) is 0 Å². The van der Waals surface area contributed by atoms with E-state index >= 15 is 0 Å². The summed E-state index contributed by atoms with van der Waals surface area (Å²) < 4.78 is 0. The van der Waals surface area contributed by atoms with Crippen molar-refractivity contribution in [3.05, 3.63) is 58.1 Å². The van der Waals surface area contributed by atoms with Crippen LogP contribution in [0, 0.1) is 12.8 Å². The van der Waals surface area contributed by atoms with Gasteiger partial charge in [-0.2, -0.15) is 0 Å². The monoisotopic (exact) mass is 384 g/mol. The lowest BCUT2D eigenvalue weighted by molar-refractivity contribution is -0.124. The molecule has 1 saturated heterocycles. The summed E-state index contributed by atoms with van der Waals surface area (Å²) in [5.41, 5.74) is 4.46. The molecule has 0 unspecified atom stereocenters. The topological polar surface area (TPSA) is 41.1 Å². The minimum absolute atomic E-state index is 0.124. The van der Waals surface area contributed by atoms with E-state index in [1.807, 2.05) is 6.92 Å². The second-order valence-electron chi connectivity index (χ2n) is 6.96. The molecule has 2 N–H and O–H groups in total. The maximum atomic E-state index is 12.5. The quantitative estimate of drug-likeness (QED) is 0.653. The Morgan fingerprint density at radius 1 is 1.33 bits per heavy atom. The van der Waals surface area contributed by atoms with Gasteiger partial charge in [0.2, 0.25) is 5.91 Å². The second kappa shape index (κ2) is 11.2. The molecule has 3 nitrogen and oxygen atoms in total. The number of hydrogen-bond donors (Lipinski definition) is 2. The first-order valence-corrected chi connectivity index (χ1v) is 10.7. The van der Waals surface area contributed by atoms with Crippen molar-refractivity contribution in [3.63, 3.8) is 0 Å². The van der Waals surface area contributed by atoms with Gasteiger partial charge in [-0.3, -0.25) is 4.79 Å². The van der Waals surface area contributed by atoms with Gasteiger partial charge in [0, 0.05) is 16.5 Å². The molecule has 0 atom stereocenters. The Hall–Kier alpha value is -1.78. The zero-order valence-electron chi connectivity index (χ0n) is 17.0. The Morgan fingerprint density at radius 3 is 2.74 bits per heavy atom. The molecule has 146 valence electrons. The van der Waals surface area contributed by atoms with Gasteiger partial charge in [0.25, 0.3) is 0 Å². The molecular formula is C23H32N2OS. The van der Waals surface area contributed by atoms with E-state index in [9.17, 15) is 4.79 Å². The van der Waals surface area contributed by atoms with Crippen molar-refractivity contribution in [2.75, 3.05) is 13.1 Å². The lowest BCUT2D eigenvalue weighted by Gasteiger charge is -2.22. The molecule has 2 rings (SSSR count). The number of piperidine rings is 1. The molecule has 0 saturated carbocycles. The average Bonchev–Trinajstić information content (AvgIpc) is 2.68. The van der Waals surface area contributed by atoms with Gasteiger partial charge in [0.05, 0.1) is 0 Å². The molecule has 1 aromatic carbocycles. The van der Waals surface area contributed by atoms with Crippen molar-refractivity contribution in [1.29, 1.82) is 0 Å². The molecule has 1 amide bonds. The van der Waals surface area contributed by atoms with Crippen LogP contribution in [0.25, 0.3) is 11.0 Å². The number of allylic oxidation sites excluding steroid dienone is 3. The van der Waals surface area contributed by atoms with E-state index in [4.69, 9.17) is 0 Å². The lowest BCUT2D eigenvalue weighted by atomic mass is 9.97. The number of thioether (sulfide) groups is 1. The number of rotatable bonds is 7. The largest absolute Gasteiger partial charge is 0.330 e. The van der Waals surface area contributed by atoms with Crippen molar-refractivity contribution >= 4 is 28.7 Å². The molecule has 1 fully saturated rings. The van der Waals surface area contributed by atoms with E-state index in [0.717, 1.165) is 43.6 Å². The summed E-state index contributed by atoms with van der Waals surface area (Å²) in [7, 11) is 0. The molecule has 1 aliphatic rings. The number of amides is 1. The number of aryl methyl sites for hydroxylation is 1. The Morgan fingerprint density at radius 2 is 2.07 bits per heavy atom. The van der Waals surface area contributed by atoms with E-state index < -0.39 is 0 Å². The summed E-state index contributed by atoms with van der Waals surface area (Å²) in [6, 6.07) is 6.52. The van der Waals surface area contributed by atoms with Crippen LogP contribution in [-0.2, 0) is 4.79 Å². The molecular weight excluding hydrogens is 352 g/mol. The molecule has 4 heteroatoms. The minimum atomic E-state index is 0.124. The van der Waals surface area contributed by atoms with Gasteiger partial charge in [-0.15, -0.1) is 0 Å². The third-order valence-electron chi connectivity index (χ3n) is 4.76. The van der Waals surface area contributed by atoms with E-state index in [1.165, 1.54) is 16.0 Å². The highest BCUT2D eigenvalue weighted by atomic mass is 32.2. The van der Waals surface area contributed by atoms with Gasteiger partial charge < -0.3 is 10.6 Å². The fraction of sp³-hybridized carbons (Fsp3) is 0.435. The number of hydrogen-bond acceptors (Lipinski definition) is 3. The molecule has 0 radical (unpaired) electrons. The molecule has 27 heavy (non-hydrogen) atoms. The molecule has 0 aromatic heterocycles. The van der Waals surface area contributed by atoms with Crippen LogP contribution >= 0.6 is 11.8 Å². The highest BCUT2D eigenvalue weighted by molar-refractivity contribution is 8.10. The summed E-state index contributed by atoms with van der Waals surface area (Å²) in [6.07, 6.45) is 9.28. The fourth-order valence-corrected chi connectivity index (χ4v) is 3.95. The minimum Gasteiger partial charge on any atom is -0.330 e. The molecule has 0 aliphatic carbocycles. The molecule has 0 bridgehead atoms. The Balaban J connectivity index is 2.13. The SMILES string of the molecule is C/C=C(\S/C=C/CC)c1ccc(C)c(/C=C(\C)NC(=O)C2CCNCC2)c1. The van der Waals surface area contributed by atoms with Crippen LogP contribution in [0.3, 0.4) is 0 Å². The highest BCUT2D eigenvalue weighted by Gasteiger charge is 2.20. The zero-order chi connectivity index (χ0) is 19.6. The van der Waals surface area contributed by atoms with Crippen LogP contribution in [0.15, 0.2) is 41.5 Å². The Bertz CT molecular complexity index is 728. The van der Waals surface area contributed by atoms with Crippen molar-refractivity contribution < 1.29 is 4.79 Å². The van der Waals surface area contributed by atoms with Crippen LogP contribution < -0.4 is 10.6 Å². The molecule has 1 heterocycles. The van der Waals surface area contributed by atoms with Gasteiger partial charge in [0.1, 0.15) is 0 Å². The second-order valence-corrected chi connectivity index (χ2v) is 7.91. The highest BCUT2D eigenvalue weighted by Crippen LogP contribution is 2.30. The van der Waals surface area contributed by atoms with Gasteiger partial charge in [-0.1, -0.05) is 43.0 Å². The molecule has 1 aliphatic heterocycles. The van der Waals surface area contributed by atoms with Crippen molar-refractivity contribution in [3.8, 4) is 0 Å². The first-order chi connectivity index (χ1) is 13.0. The number of nitrogens with one attached hydrogen (secondary N) is 2. The number of benzene rings is 1. The fourth-order valence-electron chi connectivity index (χ4n) is 3.12. The van der Waals surface area contributed by atoms with Crippen LogP contribution in [-0.4, -0.2) is 19.0 Å². The predicted octanol–water partition coefficient (Wildman–Crippen LogP) is 5.49. The van der Waals surface area contributed by atoms with Crippen molar-refractivity contribution in [2.45, 2.75) is 47.0 Å². The number of carbonyl (C=O) groups is 1. The van der Waals surface area contributed by atoms with E-state index in [1.54, 1.807) is 11.8 Å². The van der Waals surface area contributed by atoms with E-state index in [2.05, 4.69) is 73.2 Å². The summed E-state index contributed by atoms with van der Waals surface area (Å²) in [6.45, 7) is 10.2. The maximum Gasteiger partial charge on any atom is 0.227 e. The third kappa shape index (κ3) is 6.71. The first kappa shape index (κ1) is 21.5. The van der Waals surface area contributed by atoms with E-state index in [0.29, 0.717) is 0 Å². The predicted molar refractivity (Wildman–Crippen MR) is 119 cm³/mol. The first-order valence-electron chi connectivity index (χ1n) is 9.84. The molecule has 1 aromatic rings. The summed E-state index contributed by atoms with van der Waals surface area (Å²) in [4.78, 5) is 13.7. The van der Waals surface area contributed by atoms with Crippen molar-refractivity contribution in [1.82, 2.24) is 10.6 Å². The summed E-state index contributed by atoms with van der Waals surface area (Å²) in [5, 5.41) is 8.55. The standard InChI is InChI=1S/C23H32N2OS/c1-5-7-14-27-22(6-2)20-9-8-17(3)21(16-20)15-18(4)25-23(26)19-10-12-24-13-11-19/h6-9,14-16,19,24H,5,10-13H2,1-4H3,(H,25,26)/b14-7+,18-15+,22-6-. The van der Waals surface area contributed by atoms with Crippen LogP contribution in [0.1, 0.15) is 56.7 Å². The van der Waals surface area contributed by atoms with Crippen molar-refractivity contribution in [2.24, 2.45) is 5.92 Å². The van der Waals surface area contributed by atoms with Crippen LogP contribution in [0.2, 0.25) is 0 Å². The summed E-state index contributed by atoms with van der Waals surface area (Å²) >= 11 is 1.75. The van der Waals surface area contributed by atoms with Gasteiger partial charge in [-0.05, 0) is 87.4 Å². The number of carbonyl (C=O) groups excluding carboxylic acids is 1. The van der Waals surface area contributed by atoms with Gasteiger partial charge in [0.15, 0.2) is 0 Å². The lowest BCUT2D eigenvalue weighted by Crippen LogP contribution is -2.37. The van der Waals surface area contributed by atoms with Crippen LogP contribution in [0.5, 0.6) is 0 Å². The van der Waals surface area contributed by atoms with Crippen LogP contribution in [0.4, 0.5) is 0 Å². The maximum absolute atomic E-state index is 12.5.